The van der Waals surface area contributed by atoms with Gasteiger partial charge >= 0.3 is 12.1 Å². The van der Waals surface area contributed by atoms with Crippen molar-refractivity contribution in [1.29, 1.82) is 0 Å². The number of hydrogen-bond donors (Lipinski definition) is 0. The molecule has 0 unspecified atom stereocenters. The third kappa shape index (κ3) is 1.12. The van der Waals surface area contributed by atoms with E-state index in [0.29, 0.717) is 13.1 Å². The van der Waals surface area contributed by atoms with Crippen LogP contribution >= 0.6 is 0 Å². The number of hydrogen-bond acceptors (Lipinski definition) is 2. The molecule has 2 rings (SSSR count). The fourth-order valence-corrected chi connectivity index (χ4v) is 2.64. The summed E-state index contributed by atoms with van der Waals surface area (Å²) >= 11 is 0. The van der Waals surface area contributed by atoms with Crippen molar-refractivity contribution in [2.24, 2.45) is 0 Å². The van der Waals surface area contributed by atoms with E-state index in [4.69, 9.17) is 0 Å². The van der Waals surface area contributed by atoms with Crippen LogP contribution in [0.5, 0.6) is 0 Å². The van der Waals surface area contributed by atoms with E-state index in [1.54, 1.807) is 33.7 Å². The van der Waals surface area contributed by atoms with Crippen LogP contribution in [-0.2, 0) is 0 Å². The van der Waals surface area contributed by atoms with Crippen molar-refractivity contribution in [2.45, 2.75) is 26.2 Å². The Kier molecular flexibility index (Phi) is 2.44. The quantitative estimate of drug-likeness (QED) is 0.685. The van der Waals surface area contributed by atoms with Gasteiger partial charge in [-0.05, 0) is 13.8 Å². The van der Waals surface area contributed by atoms with Gasteiger partial charge in [0.2, 0.25) is 0 Å². The second-order valence-corrected chi connectivity index (χ2v) is 4.19. The lowest BCUT2D eigenvalue weighted by Crippen LogP contribution is -2.44. The molecule has 6 heteroatoms. The van der Waals surface area contributed by atoms with Gasteiger partial charge in [0.25, 0.3) is 0 Å². The molecule has 0 N–H and O–H groups in total. The van der Waals surface area contributed by atoms with E-state index in [1.165, 1.54) is 0 Å². The van der Waals surface area contributed by atoms with Crippen LogP contribution < -0.4 is 0 Å². The van der Waals surface area contributed by atoms with E-state index in [2.05, 4.69) is 0 Å². The fourth-order valence-electron chi connectivity index (χ4n) is 2.64. The van der Waals surface area contributed by atoms with E-state index in [-0.39, 0.29) is 24.4 Å². The Morgan fingerprint density at radius 1 is 0.875 bits per heavy atom. The molecule has 0 aromatic rings. The van der Waals surface area contributed by atoms with Gasteiger partial charge in [-0.3, -0.25) is 0 Å². The summed E-state index contributed by atoms with van der Waals surface area (Å²) in [5, 5.41) is 0. The van der Waals surface area contributed by atoms with Crippen molar-refractivity contribution in [1.82, 2.24) is 19.6 Å². The zero-order valence-corrected chi connectivity index (χ0v) is 10.2. The van der Waals surface area contributed by atoms with Crippen LogP contribution in [0, 0.1) is 0 Å². The molecular weight excluding hydrogens is 208 g/mol. The molecule has 2 aliphatic heterocycles. The van der Waals surface area contributed by atoms with Crippen molar-refractivity contribution in [3.8, 4) is 0 Å². The van der Waals surface area contributed by atoms with Crippen molar-refractivity contribution >= 4 is 12.1 Å². The van der Waals surface area contributed by atoms with Gasteiger partial charge in [0.05, 0.1) is 0 Å². The zero-order chi connectivity index (χ0) is 12.0. The summed E-state index contributed by atoms with van der Waals surface area (Å²) in [5.41, 5.74) is 0. The zero-order valence-electron chi connectivity index (χ0n) is 10.2. The van der Waals surface area contributed by atoms with Gasteiger partial charge in [-0.2, -0.15) is 0 Å². The Labute approximate surface area is 95.4 Å². The number of nitrogens with zero attached hydrogens (tertiary/aromatic N) is 4. The van der Waals surface area contributed by atoms with E-state index >= 15 is 0 Å². The van der Waals surface area contributed by atoms with E-state index in [1.807, 2.05) is 13.8 Å². The number of amides is 4. The number of rotatable bonds is 2. The highest BCUT2D eigenvalue weighted by atomic mass is 16.2. The Morgan fingerprint density at radius 3 is 1.44 bits per heavy atom. The van der Waals surface area contributed by atoms with Gasteiger partial charge in [-0.1, -0.05) is 0 Å². The minimum Gasteiger partial charge on any atom is -0.303 e. The molecule has 0 aliphatic carbocycles. The van der Waals surface area contributed by atoms with Crippen LogP contribution in [0.1, 0.15) is 13.8 Å². The lowest BCUT2D eigenvalue weighted by atomic mass is 10.3. The molecule has 0 radical (unpaired) electrons. The Hall–Kier alpha value is -1.46. The van der Waals surface area contributed by atoms with Crippen LogP contribution in [0.3, 0.4) is 0 Å². The average molecular weight is 226 g/mol. The first-order chi connectivity index (χ1) is 7.54. The summed E-state index contributed by atoms with van der Waals surface area (Å²) in [4.78, 5) is 30.7. The molecule has 0 saturated carbocycles. The van der Waals surface area contributed by atoms with Gasteiger partial charge in [0, 0.05) is 27.2 Å². The summed E-state index contributed by atoms with van der Waals surface area (Å²) in [6.45, 7) is 5.11. The molecule has 0 spiro atoms. The van der Waals surface area contributed by atoms with Crippen molar-refractivity contribution < 1.29 is 9.59 Å². The molecular formula is C10H18N4O2. The molecule has 0 aromatic carbocycles. The SMILES string of the molecule is CCN1C(=O)N(C)[C@@H]2[C@@H]1N(C)C(=O)N2CC. The highest BCUT2D eigenvalue weighted by Gasteiger charge is 2.55. The maximum Gasteiger partial charge on any atom is 0.323 e. The summed E-state index contributed by atoms with van der Waals surface area (Å²) in [6, 6.07) is -0.00870. The highest BCUT2D eigenvalue weighted by molar-refractivity contribution is 5.84. The van der Waals surface area contributed by atoms with Crippen LogP contribution in [0.2, 0.25) is 0 Å². The minimum absolute atomic E-state index is 0.00435. The van der Waals surface area contributed by atoms with Gasteiger partial charge in [-0.15, -0.1) is 0 Å². The molecule has 4 amide bonds. The van der Waals surface area contributed by atoms with Crippen molar-refractivity contribution in [3.05, 3.63) is 0 Å². The molecule has 2 fully saturated rings. The Morgan fingerprint density at radius 2 is 1.19 bits per heavy atom. The number of fused-ring (bicyclic) bond motifs is 1. The van der Waals surface area contributed by atoms with Crippen molar-refractivity contribution in [2.75, 3.05) is 27.2 Å². The Bertz CT molecular complexity index is 301. The maximum atomic E-state index is 12.0. The lowest BCUT2D eigenvalue weighted by molar-refractivity contribution is 0.147. The first-order valence-electron chi connectivity index (χ1n) is 5.61. The smallest absolute Gasteiger partial charge is 0.303 e. The highest BCUT2D eigenvalue weighted by Crippen LogP contribution is 2.32. The lowest BCUT2D eigenvalue weighted by Gasteiger charge is -2.25. The average Bonchev–Trinajstić information content (AvgIpc) is 2.66. The number of carbonyl (C=O) groups excluding carboxylic acids is 2. The molecule has 2 saturated heterocycles. The molecule has 6 nitrogen and oxygen atoms in total. The van der Waals surface area contributed by atoms with Crippen molar-refractivity contribution in [3.63, 3.8) is 0 Å². The first-order valence-corrected chi connectivity index (χ1v) is 5.61. The summed E-state index contributed by atoms with van der Waals surface area (Å²) in [6.07, 6.45) is -0.287. The second kappa shape index (κ2) is 3.54. The summed E-state index contributed by atoms with van der Waals surface area (Å²) in [7, 11) is 3.51. The third-order valence-corrected chi connectivity index (χ3v) is 3.48. The standard InChI is InChI=1S/C10H18N4O2/c1-5-13-7-8(12(4)9(13)15)14(6-2)10(16)11(7)3/h7-8H,5-6H2,1-4H3/t7-,8+. The molecule has 2 atom stereocenters. The molecule has 0 bridgehead atoms. The molecule has 2 aliphatic rings. The van der Waals surface area contributed by atoms with Gasteiger partial charge in [0.15, 0.2) is 0 Å². The van der Waals surface area contributed by atoms with Gasteiger partial charge in [0.1, 0.15) is 12.3 Å². The third-order valence-electron chi connectivity index (χ3n) is 3.48. The van der Waals surface area contributed by atoms with E-state index in [0.717, 1.165) is 0 Å². The molecule has 2 heterocycles. The predicted octanol–water partition coefficient (Wildman–Crippen LogP) is 0.413. The fraction of sp³-hybridized carbons (Fsp3) is 0.800. The van der Waals surface area contributed by atoms with E-state index < -0.39 is 0 Å². The summed E-state index contributed by atoms with van der Waals surface area (Å²) < 4.78 is 0. The second-order valence-electron chi connectivity index (χ2n) is 4.19. The minimum atomic E-state index is -0.144. The number of carbonyl (C=O) groups is 2. The topological polar surface area (TPSA) is 47.1 Å². The molecule has 16 heavy (non-hydrogen) atoms. The van der Waals surface area contributed by atoms with E-state index in [9.17, 15) is 9.59 Å². The van der Waals surface area contributed by atoms with Crippen LogP contribution in [-0.4, -0.2) is 71.2 Å². The Balaban J connectivity index is 2.37. The number of urea groups is 2. The van der Waals surface area contributed by atoms with Crippen LogP contribution in [0.4, 0.5) is 9.59 Å². The molecule has 0 aromatic heterocycles. The molecule has 90 valence electrons. The monoisotopic (exact) mass is 226 g/mol. The number of likely N-dealkylation sites (N-methyl/N-ethyl adjacent to an activating group) is 4. The predicted molar refractivity (Wildman–Crippen MR) is 58.7 cm³/mol. The van der Waals surface area contributed by atoms with Gasteiger partial charge in [-0.25, -0.2) is 9.59 Å². The first kappa shape index (κ1) is 11.0. The largest absolute Gasteiger partial charge is 0.323 e. The van der Waals surface area contributed by atoms with Crippen LogP contribution in [0.25, 0.3) is 0 Å². The van der Waals surface area contributed by atoms with Crippen LogP contribution in [0.15, 0.2) is 0 Å². The summed E-state index contributed by atoms with van der Waals surface area (Å²) in [5.74, 6) is 0. The maximum absolute atomic E-state index is 12.0. The normalized spacial score (nSPS) is 29.5. The van der Waals surface area contributed by atoms with Gasteiger partial charge < -0.3 is 19.6 Å².